The molecule has 3 fully saturated rings. The van der Waals surface area contributed by atoms with Gasteiger partial charge in [0.1, 0.15) is 18.2 Å². The lowest BCUT2D eigenvalue weighted by molar-refractivity contribution is -0.195. The van der Waals surface area contributed by atoms with Crippen LogP contribution in [0.1, 0.15) is 97.6 Å². The summed E-state index contributed by atoms with van der Waals surface area (Å²) in [6, 6.07) is 8.94. The lowest BCUT2D eigenvalue weighted by Gasteiger charge is -2.40. The smallest absolute Gasteiger partial charge is 0.326 e. The lowest BCUT2D eigenvalue weighted by Crippen LogP contribution is -2.47. The molecule has 1 saturated carbocycles. The molecule has 0 radical (unpaired) electrons. The van der Waals surface area contributed by atoms with Crippen molar-refractivity contribution in [3.8, 4) is 11.8 Å². The Hall–Kier alpha value is -1.69. The fraction of sp³-hybridized carbons (Fsp3) is 0.719. The zero-order valence-electron chi connectivity index (χ0n) is 25.0. The van der Waals surface area contributed by atoms with Gasteiger partial charge in [-0.2, -0.15) is 5.06 Å². The van der Waals surface area contributed by atoms with Gasteiger partial charge in [0, 0.05) is 5.56 Å². The molecule has 39 heavy (non-hydrogen) atoms. The van der Waals surface area contributed by atoms with Gasteiger partial charge >= 0.3 is 5.97 Å². The standard InChI is InChI=1S/C32H50N2O4Si/c1-7-8-19-39(23(2)3,24(4)5)36-22-28-29-25(6)37-31(35)30(29)34(38-28)21-27-14-12-13-26(20-27)15-18-32(33)16-10-9-11-17-32/h12-14,20,23-25,28-30H,7-11,16-17,19,21-22,33H2,1-6H3/t25-,28-,29+,30-/m0/s1. The van der Waals surface area contributed by atoms with Crippen LogP contribution in [-0.2, 0) is 25.3 Å². The average molecular weight is 555 g/mol. The van der Waals surface area contributed by atoms with Crippen molar-refractivity contribution >= 4 is 14.3 Å². The number of fused-ring (bicyclic) bond motifs is 1. The first kappa shape index (κ1) is 30.3. The largest absolute Gasteiger partial charge is 0.461 e. The fourth-order valence-corrected chi connectivity index (χ4v) is 11.6. The molecular weight excluding hydrogens is 504 g/mol. The Morgan fingerprint density at radius 1 is 1.18 bits per heavy atom. The van der Waals surface area contributed by atoms with E-state index in [0.717, 1.165) is 42.9 Å². The molecule has 1 aliphatic carbocycles. The molecule has 2 heterocycles. The number of unbranched alkanes of at least 4 members (excludes halogenated alkanes) is 1. The molecule has 216 valence electrons. The summed E-state index contributed by atoms with van der Waals surface area (Å²) in [4.78, 5) is 19.5. The summed E-state index contributed by atoms with van der Waals surface area (Å²) in [5.41, 5.74) is 9.19. The van der Waals surface area contributed by atoms with Crippen LogP contribution in [0.25, 0.3) is 0 Å². The maximum Gasteiger partial charge on any atom is 0.326 e. The second kappa shape index (κ2) is 12.9. The minimum absolute atomic E-state index is 0.0407. The van der Waals surface area contributed by atoms with Crippen molar-refractivity contribution in [3.05, 3.63) is 35.4 Å². The molecule has 0 amide bonds. The molecule has 4 rings (SSSR count). The number of rotatable bonds is 10. The number of cyclic esters (lactones) is 1. The molecule has 0 aromatic heterocycles. The van der Waals surface area contributed by atoms with E-state index in [2.05, 4.69) is 58.6 Å². The number of hydrogen-bond acceptors (Lipinski definition) is 6. The van der Waals surface area contributed by atoms with Gasteiger partial charge in [-0.25, -0.2) is 0 Å². The van der Waals surface area contributed by atoms with Crippen LogP contribution >= 0.6 is 0 Å². The Bertz CT molecular complexity index is 1030. The Balaban J connectivity index is 1.49. The number of carbonyl (C=O) groups is 1. The van der Waals surface area contributed by atoms with Crippen LogP contribution in [0.2, 0.25) is 17.1 Å². The van der Waals surface area contributed by atoms with Crippen molar-refractivity contribution < 1.29 is 18.8 Å². The van der Waals surface area contributed by atoms with Crippen LogP contribution in [0.3, 0.4) is 0 Å². The van der Waals surface area contributed by atoms with Gasteiger partial charge in [-0.3, -0.25) is 9.63 Å². The van der Waals surface area contributed by atoms with E-state index in [4.69, 9.17) is 19.7 Å². The highest BCUT2D eigenvalue weighted by molar-refractivity contribution is 6.76. The van der Waals surface area contributed by atoms with Gasteiger partial charge in [0.2, 0.25) is 0 Å². The van der Waals surface area contributed by atoms with Crippen LogP contribution in [0, 0.1) is 17.8 Å². The molecule has 2 aliphatic heterocycles. The highest BCUT2D eigenvalue weighted by atomic mass is 28.4. The van der Waals surface area contributed by atoms with Gasteiger partial charge < -0.3 is 14.9 Å². The van der Waals surface area contributed by atoms with Gasteiger partial charge in [-0.15, -0.1) is 0 Å². The summed E-state index contributed by atoms with van der Waals surface area (Å²) in [5, 5.41) is 1.84. The van der Waals surface area contributed by atoms with E-state index in [-0.39, 0.29) is 29.6 Å². The van der Waals surface area contributed by atoms with Crippen molar-refractivity contribution in [1.29, 1.82) is 0 Å². The van der Waals surface area contributed by atoms with Gasteiger partial charge in [-0.1, -0.05) is 90.7 Å². The Kier molecular flexibility index (Phi) is 9.99. The minimum Gasteiger partial charge on any atom is -0.461 e. The van der Waals surface area contributed by atoms with Gasteiger partial charge in [0.25, 0.3) is 0 Å². The summed E-state index contributed by atoms with van der Waals surface area (Å²) in [6.07, 6.45) is 7.44. The normalized spacial score (nSPS) is 26.9. The molecule has 4 atom stereocenters. The van der Waals surface area contributed by atoms with E-state index in [0.29, 0.717) is 24.2 Å². The number of nitrogens with two attached hydrogens (primary N) is 1. The first-order chi connectivity index (χ1) is 18.6. The van der Waals surface area contributed by atoms with E-state index in [9.17, 15) is 4.79 Å². The summed E-state index contributed by atoms with van der Waals surface area (Å²) in [7, 11) is -2.00. The average Bonchev–Trinajstić information content (AvgIpc) is 3.41. The Morgan fingerprint density at radius 2 is 1.90 bits per heavy atom. The number of benzene rings is 1. The van der Waals surface area contributed by atoms with Crippen LogP contribution in [0.5, 0.6) is 0 Å². The second-order valence-corrected chi connectivity index (χ2v) is 17.7. The zero-order valence-corrected chi connectivity index (χ0v) is 26.0. The Morgan fingerprint density at radius 3 is 2.56 bits per heavy atom. The molecule has 7 heteroatoms. The SMILES string of the molecule is CCCC[Si](OC[C@@H]1ON(Cc2cccc(C#CC3(N)CCCCC3)c2)[C@@H]2C(=O)O[C@@H](C)[C@H]12)(C(C)C)C(C)C. The maximum absolute atomic E-state index is 12.9. The first-order valence-electron chi connectivity index (χ1n) is 15.3. The van der Waals surface area contributed by atoms with Crippen molar-refractivity contribution in [2.45, 2.75) is 134 Å². The van der Waals surface area contributed by atoms with Crippen molar-refractivity contribution in [2.75, 3.05) is 6.61 Å². The predicted molar refractivity (Wildman–Crippen MR) is 158 cm³/mol. The first-order valence-corrected chi connectivity index (χ1v) is 17.5. The minimum atomic E-state index is -2.00. The molecule has 1 aromatic carbocycles. The van der Waals surface area contributed by atoms with E-state index < -0.39 is 14.4 Å². The number of hydrogen-bond donors (Lipinski definition) is 1. The van der Waals surface area contributed by atoms with E-state index in [1.165, 1.54) is 19.3 Å². The molecule has 1 aromatic rings. The number of nitrogens with zero attached hydrogens (tertiary/aromatic N) is 1. The van der Waals surface area contributed by atoms with E-state index in [1.54, 1.807) is 0 Å². The highest BCUT2D eigenvalue weighted by Crippen LogP contribution is 2.42. The Labute approximate surface area is 237 Å². The van der Waals surface area contributed by atoms with Crippen molar-refractivity contribution in [1.82, 2.24) is 5.06 Å². The number of hydroxylamine groups is 2. The van der Waals surface area contributed by atoms with E-state index >= 15 is 0 Å². The summed E-state index contributed by atoms with van der Waals surface area (Å²) in [5.74, 6) is 6.44. The number of carbonyl (C=O) groups excluding carboxylic acids is 1. The zero-order chi connectivity index (χ0) is 28.2. The molecule has 2 saturated heterocycles. The van der Waals surface area contributed by atoms with Crippen LogP contribution in [-0.4, -0.2) is 49.7 Å². The van der Waals surface area contributed by atoms with Crippen LogP contribution in [0.15, 0.2) is 24.3 Å². The van der Waals surface area contributed by atoms with Crippen LogP contribution in [0.4, 0.5) is 0 Å². The fourth-order valence-electron chi connectivity index (χ4n) is 6.92. The van der Waals surface area contributed by atoms with E-state index in [1.807, 2.05) is 24.1 Å². The maximum atomic E-state index is 12.9. The quantitative estimate of drug-likeness (QED) is 0.207. The lowest BCUT2D eigenvalue weighted by atomic mass is 9.83. The summed E-state index contributed by atoms with van der Waals surface area (Å²) < 4.78 is 12.7. The molecular formula is C32H50N2O4Si. The van der Waals surface area contributed by atoms with Gasteiger partial charge in [0.15, 0.2) is 8.32 Å². The highest BCUT2D eigenvalue weighted by Gasteiger charge is 2.57. The number of ether oxygens (including phenoxy) is 1. The number of esters is 1. The van der Waals surface area contributed by atoms with Crippen molar-refractivity contribution in [2.24, 2.45) is 11.7 Å². The summed E-state index contributed by atoms with van der Waals surface area (Å²) >= 11 is 0. The summed E-state index contributed by atoms with van der Waals surface area (Å²) in [6.45, 7) is 14.5. The molecule has 0 bridgehead atoms. The van der Waals surface area contributed by atoms with Gasteiger partial charge in [-0.05, 0) is 54.6 Å². The van der Waals surface area contributed by atoms with Gasteiger partial charge in [0.05, 0.1) is 24.6 Å². The third-order valence-corrected chi connectivity index (χ3v) is 15.1. The topological polar surface area (TPSA) is 74.0 Å². The third-order valence-electron chi connectivity index (χ3n) is 9.32. The monoisotopic (exact) mass is 554 g/mol. The van der Waals surface area contributed by atoms with Crippen molar-refractivity contribution in [3.63, 3.8) is 0 Å². The second-order valence-electron chi connectivity index (χ2n) is 12.7. The molecule has 3 aliphatic rings. The van der Waals surface area contributed by atoms with Crippen LogP contribution < -0.4 is 5.73 Å². The molecule has 6 nitrogen and oxygen atoms in total. The molecule has 0 unspecified atom stereocenters. The predicted octanol–water partition coefficient (Wildman–Crippen LogP) is 6.33. The third kappa shape index (κ3) is 6.79. The molecule has 2 N–H and O–H groups in total. The molecule has 0 spiro atoms.